The van der Waals surface area contributed by atoms with Crippen LogP contribution in [0.3, 0.4) is 0 Å². The molecule has 1 fully saturated rings. The third kappa shape index (κ3) is 3.20. The maximum absolute atomic E-state index is 11.3. The zero-order valence-corrected chi connectivity index (χ0v) is 10.5. The molecule has 1 aliphatic rings. The summed E-state index contributed by atoms with van der Waals surface area (Å²) < 4.78 is 22.5. The SMILES string of the molecule is O=S1(=O)CC[C@@H]([NH2+]Cc2ccc(Cl)cc2)C1. The van der Waals surface area contributed by atoms with Crippen LogP contribution in [-0.2, 0) is 16.4 Å². The molecule has 3 nitrogen and oxygen atoms in total. The molecule has 0 amide bonds. The molecule has 0 aliphatic carbocycles. The maximum Gasteiger partial charge on any atom is 0.156 e. The molecule has 0 radical (unpaired) electrons. The van der Waals surface area contributed by atoms with Crippen molar-refractivity contribution in [3.63, 3.8) is 0 Å². The average molecular weight is 261 g/mol. The van der Waals surface area contributed by atoms with Crippen LogP contribution in [0.25, 0.3) is 0 Å². The quantitative estimate of drug-likeness (QED) is 0.865. The molecule has 1 heterocycles. The van der Waals surface area contributed by atoms with Crippen LogP contribution in [0.1, 0.15) is 12.0 Å². The first-order valence-electron chi connectivity index (χ1n) is 5.33. The summed E-state index contributed by atoms with van der Waals surface area (Å²) in [7, 11) is -2.76. The van der Waals surface area contributed by atoms with Gasteiger partial charge in [0.05, 0.1) is 5.75 Å². The van der Waals surface area contributed by atoms with Crippen molar-refractivity contribution in [1.82, 2.24) is 0 Å². The van der Waals surface area contributed by atoms with Crippen LogP contribution < -0.4 is 5.32 Å². The molecule has 5 heteroatoms. The van der Waals surface area contributed by atoms with Crippen molar-refractivity contribution in [1.29, 1.82) is 0 Å². The van der Waals surface area contributed by atoms with Crippen molar-refractivity contribution in [2.75, 3.05) is 11.5 Å². The van der Waals surface area contributed by atoms with Crippen LogP contribution in [-0.4, -0.2) is 26.0 Å². The van der Waals surface area contributed by atoms with Crippen molar-refractivity contribution in [2.45, 2.75) is 19.0 Å². The van der Waals surface area contributed by atoms with E-state index in [-0.39, 0.29) is 6.04 Å². The Morgan fingerprint density at radius 1 is 1.31 bits per heavy atom. The summed E-state index contributed by atoms with van der Waals surface area (Å²) in [5.74, 6) is 0.662. The van der Waals surface area contributed by atoms with Crippen LogP contribution in [0.5, 0.6) is 0 Å². The zero-order chi connectivity index (χ0) is 11.6. The number of sulfone groups is 1. The van der Waals surface area contributed by atoms with E-state index in [9.17, 15) is 8.42 Å². The van der Waals surface area contributed by atoms with E-state index in [1.54, 1.807) is 0 Å². The van der Waals surface area contributed by atoms with Gasteiger partial charge in [0.2, 0.25) is 0 Å². The predicted octanol–water partition coefficient (Wildman–Crippen LogP) is 0.591. The summed E-state index contributed by atoms with van der Waals surface area (Å²) >= 11 is 5.79. The molecule has 1 aliphatic heterocycles. The largest absolute Gasteiger partial charge is 0.339 e. The molecule has 1 aromatic carbocycles. The van der Waals surface area contributed by atoms with Gasteiger partial charge >= 0.3 is 0 Å². The molecule has 0 spiro atoms. The van der Waals surface area contributed by atoms with Gasteiger partial charge in [0, 0.05) is 17.0 Å². The number of hydrogen-bond acceptors (Lipinski definition) is 2. The highest BCUT2D eigenvalue weighted by Gasteiger charge is 2.30. The fourth-order valence-electron chi connectivity index (χ4n) is 1.93. The van der Waals surface area contributed by atoms with E-state index in [0.717, 1.165) is 18.0 Å². The van der Waals surface area contributed by atoms with Gasteiger partial charge in [-0.2, -0.15) is 0 Å². The van der Waals surface area contributed by atoms with E-state index < -0.39 is 9.84 Å². The molecular formula is C11H15ClNO2S+. The van der Waals surface area contributed by atoms with E-state index >= 15 is 0 Å². The first kappa shape index (κ1) is 11.9. The first-order chi connectivity index (χ1) is 7.55. The smallest absolute Gasteiger partial charge is 0.156 e. The molecule has 1 atom stereocenters. The van der Waals surface area contributed by atoms with Crippen LogP contribution in [0.4, 0.5) is 0 Å². The Morgan fingerprint density at radius 3 is 2.56 bits per heavy atom. The highest BCUT2D eigenvalue weighted by molar-refractivity contribution is 7.91. The van der Waals surface area contributed by atoms with Crippen molar-refractivity contribution >= 4 is 21.4 Å². The molecule has 88 valence electrons. The monoisotopic (exact) mass is 260 g/mol. The van der Waals surface area contributed by atoms with Crippen molar-refractivity contribution in [3.05, 3.63) is 34.9 Å². The lowest BCUT2D eigenvalue weighted by Crippen LogP contribution is -2.89. The highest BCUT2D eigenvalue weighted by atomic mass is 35.5. The fraction of sp³-hybridized carbons (Fsp3) is 0.455. The zero-order valence-electron chi connectivity index (χ0n) is 8.90. The van der Waals surface area contributed by atoms with Gasteiger partial charge in [0.25, 0.3) is 0 Å². The maximum atomic E-state index is 11.3. The average Bonchev–Trinajstić information content (AvgIpc) is 2.58. The van der Waals surface area contributed by atoms with Gasteiger partial charge in [0.1, 0.15) is 18.3 Å². The minimum atomic E-state index is -2.76. The summed E-state index contributed by atoms with van der Waals surface area (Å²) in [6, 6.07) is 7.89. The molecule has 0 bridgehead atoms. The lowest BCUT2D eigenvalue weighted by atomic mass is 10.2. The summed E-state index contributed by atoms with van der Waals surface area (Å²) in [6.45, 7) is 0.817. The fourth-order valence-corrected chi connectivity index (χ4v) is 3.84. The normalized spacial score (nSPS) is 23.4. The van der Waals surface area contributed by atoms with Crippen LogP contribution in [0, 0.1) is 0 Å². The van der Waals surface area contributed by atoms with E-state index in [0.29, 0.717) is 11.5 Å². The highest BCUT2D eigenvalue weighted by Crippen LogP contribution is 2.10. The predicted molar refractivity (Wildman–Crippen MR) is 64.1 cm³/mol. The third-order valence-corrected chi connectivity index (χ3v) is 4.91. The number of rotatable bonds is 3. The van der Waals surface area contributed by atoms with Gasteiger partial charge in [-0.05, 0) is 12.1 Å². The van der Waals surface area contributed by atoms with E-state index in [4.69, 9.17) is 11.6 Å². The Kier molecular flexibility index (Phi) is 3.52. The van der Waals surface area contributed by atoms with Gasteiger partial charge in [-0.1, -0.05) is 23.7 Å². The second-order valence-corrected chi connectivity index (χ2v) is 6.89. The lowest BCUT2D eigenvalue weighted by Gasteiger charge is -2.07. The number of benzene rings is 1. The lowest BCUT2D eigenvalue weighted by molar-refractivity contribution is -0.699. The van der Waals surface area contributed by atoms with Crippen molar-refractivity contribution in [3.8, 4) is 0 Å². The standard InChI is InChI=1S/C11H14ClNO2S/c12-10-3-1-9(2-4-10)7-13-11-5-6-16(14,15)8-11/h1-4,11,13H,5-8H2/p+1/t11-/m1/s1. The van der Waals surface area contributed by atoms with Crippen LogP contribution in [0.2, 0.25) is 5.02 Å². The number of hydrogen-bond donors (Lipinski definition) is 1. The Labute approximate surface area is 101 Å². The second kappa shape index (κ2) is 4.73. The first-order valence-corrected chi connectivity index (χ1v) is 7.53. The molecule has 0 unspecified atom stereocenters. The molecule has 2 rings (SSSR count). The minimum absolute atomic E-state index is 0.223. The van der Waals surface area contributed by atoms with Crippen LogP contribution >= 0.6 is 11.6 Å². The van der Waals surface area contributed by atoms with Gasteiger partial charge in [-0.25, -0.2) is 8.42 Å². The van der Waals surface area contributed by atoms with E-state index in [2.05, 4.69) is 5.32 Å². The third-order valence-electron chi connectivity index (χ3n) is 2.87. The molecular weight excluding hydrogens is 246 g/mol. The summed E-state index contributed by atoms with van der Waals surface area (Å²) in [5.41, 5.74) is 1.17. The summed E-state index contributed by atoms with van der Waals surface area (Å²) in [4.78, 5) is 0. The number of halogens is 1. The van der Waals surface area contributed by atoms with Gasteiger partial charge in [0.15, 0.2) is 9.84 Å². The Hall–Kier alpha value is -0.580. The van der Waals surface area contributed by atoms with E-state index in [1.165, 1.54) is 5.56 Å². The Morgan fingerprint density at radius 2 is 2.00 bits per heavy atom. The molecule has 1 saturated heterocycles. The Balaban J connectivity index is 1.87. The number of quaternary nitrogens is 1. The molecule has 1 aromatic rings. The van der Waals surface area contributed by atoms with E-state index in [1.807, 2.05) is 24.3 Å². The Bertz CT molecular complexity index is 455. The van der Waals surface area contributed by atoms with Gasteiger partial charge in [-0.3, -0.25) is 0 Å². The summed E-state index contributed by atoms with van der Waals surface area (Å²) in [6.07, 6.45) is 0.774. The molecule has 16 heavy (non-hydrogen) atoms. The van der Waals surface area contributed by atoms with Gasteiger partial charge in [-0.15, -0.1) is 0 Å². The molecule has 2 N–H and O–H groups in total. The van der Waals surface area contributed by atoms with Crippen molar-refractivity contribution in [2.24, 2.45) is 0 Å². The molecule has 0 aromatic heterocycles. The second-order valence-electron chi connectivity index (χ2n) is 4.23. The molecule has 0 saturated carbocycles. The topological polar surface area (TPSA) is 50.8 Å². The summed E-state index contributed by atoms with van der Waals surface area (Å²) in [5, 5.41) is 2.83. The van der Waals surface area contributed by atoms with Gasteiger partial charge < -0.3 is 5.32 Å². The van der Waals surface area contributed by atoms with Crippen LogP contribution in [0.15, 0.2) is 24.3 Å². The van der Waals surface area contributed by atoms with Crippen molar-refractivity contribution < 1.29 is 13.7 Å². The number of nitrogens with two attached hydrogens (primary N) is 1. The minimum Gasteiger partial charge on any atom is -0.339 e.